The summed E-state index contributed by atoms with van der Waals surface area (Å²) < 4.78 is 5.91. The number of likely N-dealkylation sites (N-methyl/N-ethyl adjacent to an activating group) is 1. The van der Waals surface area contributed by atoms with E-state index in [1.165, 1.54) is 11.1 Å². The van der Waals surface area contributed by atoms with Gasteiger partial charge in [-0.1, -0.05) is 6.07 Å². The number of nitrogens with one attached hydrogen (secondary N) is 1. The zero-order valence-corrected chi connectivity index (χ0v) is 12.6. The monoisotopic (exact) mass is 272 g/mol. The van der Waals surface area contributed by atoms with E-state index in [2.05, 4.69) is 36.2 Å². The Hall–Kier alpha value is -1.97. The van der Waals surface area contributed by atoms with Crippen molar-refractivity contribution >= 4 is 17.2 Å². The molecule has 2 aliphatic heterocycles. The normalized spacial score (nSPS) is 23.9. The van der Waals surface area contributed by atoms with Gasteiger partial charge in [0.05, 0.1) is 16.9 Å². The first-order valence-corrected chi connectivity index (χ1v) is 6.89. The molecule has 0 saturated heterocycles. The lowest BCUT2D eigenvalue weighted by Crippen LogP contribution is -2.49. The van der Waals surface area contributed by atoms with Gasteiger partial charge in [0.1, 0.15) is 11.8 Å². The number of hydrogen-bond donors (Lipinski definition) is 1. The molecule has 0 unspecified atom stereocenters. The zero-order chi connectivity index (χ0) is 14.6. The minimum absolute atomic E-state index is 0.0733. The lowest BCUT2D eigenvalue weighted by Gasteiger charge is -2.39. The Balaban J connectivity index is 2.10. The summed E-state index contributed by atoms with van der Waals surface area (Å²) in [4.78, 5) is 14.0. The van der Waals surface area contributed by atoms with Crippen molar-refractivity contribution in [1.29, 1.82) is 0 Å². The number of aryl methyl sites for hydroxylation is 2. The van der Waals surface area contributed by atoms with Gasteiger partial charge in [0.2, 0.25) is 0 Å². The Labute approximate surface area is 119 Å². The number of fused-ring (bicyclic) bond motifs is 2. The molecule has 2 aliphatic rings. The molecule has 20 heavy (non-hydrogen) atoms. The van der Waals surface area contributed by atoms with Crippen molar-refractivity contribution in [2.24, 2.45) is 0 Å². The van der Waals surface area contributed by atoms with Gasteiger partial charge in [-0.25, -0.2) is 0 Å². The van der Waals surface area contributed by atoms with Crippen molar-refractivity contribution in [3.8, 4) is 0 Å². The predicted octanol–water partition coefficient (Wildman–Crippen LogP) is 2.75. The van der Waals surface area contributed by atoms with Crippen LogP contribution in [0.15, 0.2) is 23.5 Å². The maximum atomic E-state index is 11.9. The Kier molecular flexibility index (Phi) is 2.78. The second kappa shape index (κ2) is 4.27. The molecule has 1 aromatic carbocycles. The highest BCUT2D eigenvalue weighted by Crippen LogP contribution is 2.42. The lowest BCUT2D eigenvalue weighted by atomic mass is 9.97. The molecule has 0 aliphatic carbocycles. The molecular formula is C16H20N2O2. The van der Waals surface area contributed by atoms with E-state index in [1.54, 1.807) is 6.92 Å². The van der Waals surface area contributed by atoms with Crippen LogP contribution in [0.25, 0.3) is 0 Å². The number of carbonyl (C=O) groups is 1. The maximum Gasteiger partial charge on any atom is 0.196 e. The van der Waals surface area contributed by atoms with Crippen molar-refractivity contribution < 1.29 is 9.53 Å². The van der Waals surface area contributed by atoms with Gasteiger partial charge in [-0.05, 0) is 44.9 Å². The van der Waals surface area contributed by atoms with Crippen molar-refractivity contribution in [3.05, 3.63) is 34.6 Å². The van der Waals surface area contributed by atoms with Crippen LogP contribution in [-0.4, -0.2) is 25.1 Å². The minimum Gasteiger partial charge on any atom is -0.472 e. The van der Waals surface area contributed by atoms with Crippen LogP contribution in [0.3, 0.4) is 0 Å². The number of Topliss-reactive ketones (excluding diaryl/α,β-unsaturated/α-hetero) is 1. The molecule has 0 saturated carbocycles. The minimum atomic E-state index is -0.150. The van der Waals surface area contributed by atoms with Crippen molar-refractivity contribution in [3.63, 3.8) is 0 Å². The van der Waals surface area contributed by atoms with Crippen LogP contribution in [0.2, 0.25) is 0 Å². The molecule has 4 heteroatoms. The Morgan fingerprint density at radius 2 is 2.00 bits per heavy atom. The summed E-state index contributed by atoms with van der Waals surface area (Å²) in [6.45, 7) is 7.65. The van der Waals surface area contributed by atoms with Crippen molar-refractivity contribution in [2.45, 2.75) is 40.0 Å². The fourth-order valence-corrected chi connectivity index (χ4v) is 3.29. The average Bonchev–Trinajstić information content (AvgIpc) is 2.68. The quantitative estimate of drug-likeness (QED) is 0.853. The number of rotatable bonds is 1. The number of ketones is 1. The highest BCUT2D eigenvalue weighted by molar-refractivity contribution is 5.97. The summed E-state index contributed by atoms with van der Waals surface area (Å²) in [6, 6.07) is 4.21. The number of allylic oxidation sites excluding steroid dienone is 1. The van der Waals surface area contributed by atoms with E-state index >= 15 is 0 Å². The molecule has 106 valence electrons. The van der Waals surface area contributed by atoms with Crippen LogP contribution in [0.1, 0.15) is 25.0 Å². The fourth-order valence-electron chi connectivity index (χ4n) is 3.29. The smallest absolute Gasteiger partial charge is 0.196 e. The molecule has 0 bridgehead atoms. The summed E-state index contributed by atoms with van der Waals surface area (Å²) in [5, 5.41) is 3.50. The maximum absolute atomic E-state index is 11.9. The first kappa shape index (κ1) is 13.0. The fraction of sp³-hybridized carbons (Fsp3) is 0.438. The molecular weight excluding hydrogens is 252 g/mol. The van der Waals surface area contributed by atoms with E-state index in [-0.39, 0.29) is 18.1 Å². The van der Waals surface area contributed by atoms with Gasteiger partial charge >= 0.3 is 0 Å². The Bertz CT molecular complexity index is 634. The van der Waals surface area contributed by atoms with E-state index in [1.807, 2.05) is 14.0 Å². The third kappa shape index (κ3) is 1.71. The highest BCUT2D eigenvalue weighted by atomic mass is 16.5. The van der Waals surface area contributed by atoms with E-state index in [4.69, 9.17) is 4.74 Å². The van der Waals surface area contributed by atoms with Crippen LogP contribution >= 0.6 is 0 Å². The van der Waals surface area contributed by atoms with Crippen LogP contribution in [0.5, 0.6) is 0 Å². The van der Waals surface area contributed by atoms with Gasteiger partial charge in [-0.15, -0.1) is 0 Å². The number of nitrogens with zero attached hydrogens (tertiary/aromatic N) is 1. The summed E-state index contributed by atoms with van der Waals surface area (Å²) >= 11 is 0. The topological polar surface area (TPSA) is 41.6 Å². The molecule has 1 aromatic rings. The average molecular weight is 272 g/mol. The molecule has 0 amide bonds. The van der Waals surface area contributed by atoms with E-state index < -0.39 is 0 Å². The number of anilines is 2. The molecule has 0 spiro atoms. The first-order chi connectivity index (χ1) is 9.40. The van der Waals surface area contributed by atoms with Gasteiger partial charge < -0.3 is 15.0 Å². The molecule has 2 heterocycles. The standard InChI is InChI=1S/C16H20N2O2/c1-8-6-9(2)14-12(7-8)18(5)16-15(17-14)13(10(3)19)11(4)20-16/h6-7,15-17H,1-5H3/t15-,16+/m1/s1. The van der Waals surface area contributed by atoms with Gasteiger partial charge in [0.15, 0.2) is 12.0 Å². The van der Waals surface area contributed by atoms with Crippen LogP contribution in [0.4, 0.5) is 11.4 Å². The summed E-state index contributed by atoms with van der Waals surface area (Å²) in [6.07, 6.45) is -0.150. The molecule has 0 radical (unpaired) electrons. The third-order valence-electron chi connectivity index (χ3n) is 4.17. The highest BCUT2D eigenvalue weighted by Gasteiger charge is 2.43. The SMILES string of the molecule is CC(=O)C1=C(C)O[C@H]2[C@@H]1Nc1c(C)cc(C)cc1N2C. The van der Waals surface area contributed by atoms with E-state index in [9.17, 15) is 4.79 Å². The van der Waals surface area contributed by atoms with Gasteiger partial charge in [0, 0.05) is 7.05 Å². The van der Waals surface area contributed by atoms with E-state index in [0.717, 1.165) is 22.7 Å². The van der Waals surface area contributed by atoms with Gasteiger partial charge in [-0.3, -0.25) is 4.79 Å². The number of benzene rings is 1. The third-order valence-corrected chi connectivity index (χ3v) is 4.17. The molecule has 1 N–H and O–H groups in total. The van der Waals surface area contributed by atoms with Crippen LogP contribution in [0, 0.1) is 13.8 Å². The summed E-state index contributed by atoms with van der Waals surface area (Å²) in [5.41, 5.74) is 5.39. The van der Waals surface area contributed by atoms with Gasteiger partial charge in [0.25, 0.3) is 0 Å². The summed E-state index contributed by atoms with van der Waals surface area (Å²) in [7, 11) is 2.02. The second-order valence-electron chi connectivity index (χ2n) is 5.74. The molecule has 0 aromatic heterocycles. The first-order valence-electron chi connectivity index (χ1n) is 6.89. The second-order valence-corrected chi connectivity index (χ2v) is 5.74. The largest absolute Gasteiger partial charge is 0.472 e. The van der Waals surface area contributed by atoms with E-state index in [0.29, 0.717) is 0 Å². The molecule has 4 nitrogen and oxygen atoms in total. The lowest BCUT2D eigenvalue weighted by molar-refractivity contribution is -0.113. The molecule has 2 atom stereocenters. The Morgan fingerprint density at radius 1 is 1.30 bits per heavy atom. The Morgan fingerprint density at radius 3 is 2.65 bits per heavy atom. The number of carbonyl (C=O) groups excluding carboxylic acids is 1. The summed E-state index contributed by atoms with van der Waals surface area (Å²) in [5.74, 6) is 0.804. The molecule has 0 fully saturated rings. The van der Waals surface area contributed by atoms with Crippen LogP contribution < -0.4 is 10.2 Å². The van der Waals surface area contributed by atoms with Crippen molar-refractivity contribution in [1.82, 2.24) is 0 Å². The predicted molar refractivity (Wildman–Crippen MR) is 80.0 cm³/mol. The van der Waals surface area contributed by atoms with Crippen molar-refractivity contribution in [2.75, 3.05) is 17.3 Å². The number of ether oxygens (including phenoxy) is 1. The van der Waals surface area contributed by atoms with Gasteiger partial charge in [-0.2, -0.15) is 0 Å². The zero-order valence-electron chi connectivity index (χ0n) is 12.6. The van der Waals surface area contributed by atoms with Crippen LogP contribution in [-0.2, 0) is 9.53 Å². The molecule has 3 rings (SSSR count). The number of hydrogen-bond acceptors (Lipinski definition) is 4.